The summed E-state index contributed by atoms with van der Waals surface area (Å²) in [4.78, 5) is 23.9. The molecule has 0 radical (unpaired) electrons. The normalized spacial score (nSPS) is 10.9. The van der Waals surface area contributed by atoms with Crippen LogP contribution in [-0.2, 0) is 9.53 Å². The summed E-state index contributed by atoms with van der Waals surface area (Å²) in [5.74, 6) is -1.00. The summed E-state index contributed by atoms with van der Waals surface area (Å²) in [6.45, 7) is 2.01. The van der Waals surface area contributed by atoms with Crippen molar-refractivity contribution in [3.63, 3.8) is 0 Å². The van der Waals surface area contributed by atoms with Gasteiger partial charge in [0.15, 0.2) is 0 Å². The van der Waals surface area contributed by atoms with Crippen LogP contribution in [0.1, 0.15) is 17.3 Å². The first-order valence-electron chi connectivity index (χ1n) is 8.49. The van der Waals surface area contributed by atoms with Gasteiger partial charge in [-0.3, -0.25) is 9.89 Å². The maximum absolute atomic E-state index is 12.3. The molecule has 0 aliphatic rings. The van der Waals surface area contributed by atoms with Gasteiger partial charge in [-0.05, 0) is 49.4 Å². The van der Waals surface area contributed by atoms with Crippen molar-refractivity contribution >= 4 is 34.2 Å². The minimum absolute atomic E-state index is 0.0980. The van der Waals surface area contributed by atoms with Crippen molar-refractivity contribution in [3.8, 4) is 6.07 Å². The molecule has 0 saturated heterocycles. The Kier molecular flexibility index (Phi) is 5.67. The van der Waals surface area contributed by atoms with Crippen LogP contribution < -0.4 is 10.6 Å². The first-order chi connectivity index (χ1) is 13.6. The third kappa shape index (κ3) is 4.34. The van der Waals surface area contributed by atoms with Gasteiger partial charge in [-0.1, -0.05) is 0 Å². The number of nitriles is 1. The number of fused-ring (bicyclic) bond motifs is 1. The lowest BCUT2D eigenvalue weighted by Crippen LogP contribution is -2.14. The van der Waals surface area contributed by atoms with Crippen LogP contribution >= 0.6 is 0 Å². The van der Waals surface area contributed by atoms with Crippen molar-refractivity contribution in [1.29, 1.82) is 5.26 Å². The van der Waals surface area contributed by atoms with Crippen molar-refractivity contribution in [2.24, 2.45) is 0 Å². The Morgan fingerprint density at radius 1 is 1.21 bits per heavy atom. The van der Waals surface area contributed by atoms with E-state index in [1.165, 1.54) is 6.20 Å². The third-order valence-corrected chi connectivity index (χ3v) is 3.84. The molecule has 8 nitrogen and oxygen atoms in total. The van der Waals surface area contributed by atoms with E-state index < -0.39 is 11.9 Å². The van der Waals surface area contributed by atoms with Crippen molar-refractivity contribution in [3.05, 3.63) is 66.0 Å². The molecule has 1 heterocycles. The molecule has 0 spiro atoms. The minimum atomic E-state index is -0.568. The Labute approximate surface area is 160 Å². The number of benzene rings is 2. The molecule has 0 aliphatic heterocycles. The highest BCUT2D eigenvalue weighted by Crippen LogP contribution is 2.17. The molecule has 0 fully saturated rings. The molecule has 1 aromatic heterocycles. The highest BCUT2D eigenvalue weighted by molar-refractivity contribution is 6.07. The lowest BCUT2D eigenvalue weighted by Gasteiger charge is -2.07. The van der Waals surface area contributed by atoms with Gasteiger partial charge in [-0.2, -0.15) is 10.4 Å². The molecule has 3 aromatic rings. The van der Waals surface area contributed by atoms with E-state index in [4.69, 9.17) is 4.74 Å². The second kappa shape index (κ2) is 8.51. The fraction of sp³-hybridized carbons (Fsp3) is 0.100. The molecular formula is C20H17N5O3. The number of aromatic amines is 1. The van der Waals surface area contributed by atoms with Crippen LogP contribution in [0.3, 0.4) is 0 Å². The molecule has 0 bridgehead atoms. The van der Waals surface area contributed by atoms with Gasteiger partial charge in [0.1, 0.15) is 11.6 Å². The molecule has 3 rings (SSSR count). The number of rotatable bonds is 6. The van der Waals surface area contributed by atoms with Crippen LogP contribution in [0.25, 0.3) is 10.9 Å². The van der Waals surface area contributed by atoms with Crippen LogP contribution in [0.5, 0.6) is 0 Å². The summed E-state index contributed by atoms with van der Waals surface area (Å²) in [5.41, 5.74) is 2.28. The van der Waals surface area contributed by atoms with Crippen LogP contribution in [-0.4, -0.2) is 28.7 Å². The van der Waals surface area contributed by atoms with E-state index >= 15 is 0 Å². The molecule has 140 valence electrons. The predicted molar refractivity (Wildman–Crippen MR) is 104 cm³/mol. The predicted octanol–water partition coefficient (Wildman–Crippen LogP) is 3.20. The van der Waals surface area contributed by atoms with Crippen LogP contribution in [0.15, 0.2) is 60.4 Å². The zero-order valence-electron chi connectivity index (χ0n) is 15.0. The van der Waals surface area contributed by atoms with Crippen LogP contribution in [0.2, 0.25) is 0 Å². The summed E-state index contributed by atoms with van der Waals surface area (Å²) < 4.78 is 4.91. The van der Waals surface area contributed by atoms with Crippen LogP contribution in [0, 0.1) is 11.3 Å². The Morgan fingerprint density at radius 2 is 1.96 bits per heavy atom. The monoisotopic (exact) mass is 375 g/mol. The number of nitrogens with zero attached hydrogens (tertiary/aromatic N) is 2. The molecular weight excluding hydrogens is 358 g/mol. The SMILES string of the molecule is CCOC(=O)c1ccc(NC(=O)/C(C#N)=C\Nc2ccc3cn[nH]c3c2)cc1. The number of ether oxygens (including phenoxy) is 1. The number of carbonyl (C=O) groups excluding carboxylic acids is 2. The standard InChI is InChI=1S/C20H17N5O3/c1-2-28-20(27)13-3-6-16(7-4-13)24-19(26)15(10-21)11-22-17-8-5-14-12-23-25-18(14)9-17/h3-9,11-12,22H,2H2,1H3,(H,23,25)(H,24,26)/b15-11-. The van der Waals surface area contributed by atoms with Crippen molar-refractivity contribution < 1.29 is 14.3 Å². The Bertz CT molecular complexity index is 1080. The summed E-state index contributed by atoms with van der Waals surface area (Å²) in [6.07, 6.45) is 3.04. The molecule has 0 aliphatic carbocycles. The number of anilines is 2. The number of hydrogen-bond acceptors (Lipinski definition) is 6. The average Bonchev–Trinajstić information content (AvgIpc) is 3.17. The van der Waals surface area contributed by atoms with Crippen molar-refractivity contribution in [1.82, 2.24) is 10.2 Å². The molecule has 0 atom stereocenters. The number of nitrogens with one attached hydrogen (secondary N) is 3. The third-order valence-electron chi connectivity index (χ3n) is 3.84. The van der Waals surface area contributed by atoms with Crippen molar-refractivity contribution in [2.45, 2.75) is 6.92 Å². The largest absolute Gasteiger partial charge is 0.462 e. The number of aromatic nitrogens is 2. The first-order valence-corrected chi connectivity index (χ1v) is 8.49. The lowest BCUT2D eigenvalue weighted by atomic mass is 10.2. The van der Waals surface area contributed by atoms with E-state index in [-0.39, 0.29) is 12.2 Å². The molecule has 8 heteroatoms. The topological polar surface area (TPSA) is 120 Å². The van der Waals surface area contributed by atoms with E-state index in [1.807, 2.05) is 24.3 Å². The second-order valence-electron chi connectivity index (χ2n) is 5.74. The van der Waals surface area contributed by atoms with Gasteiger partial charge >= 0.3 is 5.97 Å². The molecule has 0 unspecified atom stereocenters. The number of hydrogen-bond donors (Lipinski definition) is 3. The molecule has 1 amide bonds. The maximum atomic E-state index is 12.3. The summed E-state index contributed by atoms with van der Waals surface area (Å²) >= 11 is 0. The van der Waals surface area contributed by atoms with Crippen LogP contribution in [0.4, 0.5) is 11.4 Å². The Balaban J connectivity index is 1.66. The first kappa shape index (κ1) is 18.7. The minimum Gasteiger partial charge on any atom is -0.462 e. The quantitative estimate of drug-likeness (QED) is 0.346. The summed E-state index contributed by atoms with van der Waals surface area (Å²) in [6, 6.07) is 13.6. The van der Waals surface area contributed by atoms with Crippen molar-refractivity contribution in [2.75, 3.05) is 17.2 Å². The lowest BCUT2D eigenvalue weighted by molar-refractivity contribution is -0.112. The van der Waals surface area contributed by atoms with Gasteiger partial charge in [0, 0.05) is 23.0 Å². The van der Waals surface area contributed by atoms with Gasteiger partial charge in [-0.15, -0.1) is 0 Å². The average molecular weight is 375 g/mol. The fourth-order valence-electron chi connectivity index (χ4n) is 2.43. The Hall–Kier alpha value is -4.12. The van der Waals surface area contributed by atoms with E-state index in [9.17, 15) is 14.9 Å². The summed E-state index contributed by atoms with van der Waals surface area (Å²) in [7, 11) is 0. The van der Waals surface area contributed by atoms with Gasteiger partial charge in [0.25, 0.3) is 5.91 Å². The zero-order valence-corrected chi connectivity index (χ0v) is 15.0. The molecule has 0 saturated carbocycles. The Morgan fingerprint density at radius 3 is 2.68 bits per heavy atom. The number of amides is 1. The summed E-state index contributed by atoms with van der Waals surface area (Å²) in [5, 5.41) is 22.6. The highest BCUT2D eigenvalue weighted by Gasteiger charge is 2.11. The molecule has 2 aromatic carbocycles. The van der Waals surface area contributed by atoms with E-state index in [1.54, 1.807) is 37.4 Å². The van der Waals surface area contributed by atoms with E-state index in [0.29, 0.717) is 16.9 Å². The molecule has 28 heavy (non-hydrogen) atoms. The number of carbonyl (C=O) groups is 2. The maximum Gasteiger partial charge on any atom is 0.338 e. The smallest absolute Gasteiger partial charge is 0.338 e. The van der Waals surface area contributed by atoms with Gasteiger partial charge in [0.2, 0.25) is 0 Å². The number of esters is 1. The van der Waals surface area contributed by atoms with E-state index in [2.05, 4.69) is 20.8 Å². The highest BCUT2D eigenvalue weighted by atomic mass is 16.5. The second-order valence-corrected chi connectivity index (χ2v) is 5.74. The van der Waals surface area contributed by atoms with Gasteiger partial charge in [-0.25, -0.2) is 4.79 Å². The van der Waals surface area contributed by atoms with Gasteiger partial charge in [0.05, 0.1) is 23.9 Å². The fourth-order valence-corrected chi connectivity index (χ4v) is 2.43. The number of H-pyrrole nitrogens is 1. The zero-order chi connectivity index (χ0) is 19.9. The molecule has 3 N–H and O–H groups in total. The van der Waals surface area contributed by atoms with Gasteiger partial charge < -0.3 is 15.4 Å². The van der Waals surface area contributed by atoms with E-state index in [0.717, 1.165) is 10.9 Å².